The Balaban J connectivity index is 2.24. The summed E-state index contributed by atoms with van der Waals surface area (Å²) in [5.74, 6) is -0.619. The van der Waals surface area contributed by atoms with Gasteiger partial charge >= 0.3 is 0 Å². The fourth-order valence-electron chi connectivity index (χ4n) is 1.99. The molecule has 2 N–H and O–H groups in total. The summed E-state index contributed by atoms with van der Waals surface area (Å²) in [5.41, 5.74) is 3.11. The van der Waals surface area contributed by atoms with Crippen LogP contribution in [-0.2, 0) is 21.2 Å². The number of hydrogen-bond donors (Lipinski definition) is 2. The second-order valence-corrected chi connectivity index (χ2v) is 6.81. The van der Waals surface area contributed by atoms with Crippen molar-refractivity contribution >= 4 is 21.8 Å². The summed E-state index contributed by atoms with van der Waals surface area (Å²) in [6, 6.07) is 10.3. The van der Waals surface area contributed by atoms with E-state index >= 15 is 0 Å². The van der Waals surface area contributed by atoms with Gasteiger partial charge in [-0.1, -0.05) is 12.1 Å². The minimum absolute atomic E-state index is 0.272. The molecule has 0 atom stereocenters. The molecule has 0 saturated carbocycles. The second-order valence-electron chi connectivity index (χ2n) is 4.79. The monoisotopic (exact) mass is 320 g/mol. The highest BCUT2D eigenvalue weighted by atomic mass is 32.2. The first kappa shape index (κ1) is 16.0. The molecule has 0 spiro atoms. The van der Waals surface area contributed by atoms with Gasteiger partial charge in [-0.25, -0.2) is 13.9 Å². The summed E-state index contributed by atoms with van der Waals surface area (Å²) in [4.78, 5) is 11.3. The van der Waals surface area contributed by atoms with Gasteiger partial charge in [0.25, 0.3) is 5.91 Å². The molecular formula is C15H16N2O4S. The number of carbonyl (C=O) groups excluding carboxylic acids is 1. The van der Waals surface area contributed by atoms with Gasteiger partial charge in [0.1, 0.15) is 0 Å². The third-order valence-corrected chi connectivity index (χ3v) is 4.17. The number of nitrogens with zero attached hydrogens (tertiary/aromatic N) is 1. The van der Waals surface area contributed by atoms with Gasteiger partial charge in [-0.15, -0.1) is 0 Å². The molecule has 116 valence electrons. The lowest BCUT2D eigenvalue weighted by Gasteiger charge is -2.08. The molecule has 0 aliphatic rings. The summed E-state index contributed by atoms with van der Waals surface area (Å²) in [6.07, 6.45) is 5.76. The van der Waals surface area contributed by atoms with E-state index in [9.17, 15) is 13.2 Å². The molecule has 22 heavy (non-hydrogen) atoms. The number of sulfone groups is 1. The Morgan fingerprint density at radius 2 is 2.09 bits per heavy atom. The van der Waals surface area contributed by atoms with Crippen molar-refractivity contribution in [3.63, 3.8) is 0 Å². The Morgan fingerprint density at radius 3 is 2.77 bits per heavy atom. The second kappa shape index (κ2) is 6.59. The third kappa shape index (κ3) is 4.06. The summed E-state index contributed by atoms with van der Waals surface area (Å²) in [6.45, 7) is 0.469. The molecule has 1 heterocycles. The Morgan fingerprint density at radius 1 is 1.32 bits per heavy atom. The first-order valence-electron chi connectivity index (χ1n) is 6.46. The van der Waals surface area contributed by atoms with Crippen LogP contribution < -0.4 is 5.48 Å². The lowest BCUT2D eigenvalue weighted by Crippen LogP contribution is -2.15. The molecule has 1 aromatic carbocycles. The fourth-order valence-corrected chi connectivity index (χ4v) is 2.68. The molecule has 2 aromatic rings. The molecule has 0 aliphatic carbocycles. The van der Waals surface area contributed by atoms with E-state index in [0.29, 0.717) is 6.54 Å². The number of amides is 1. The highest BCUT2D eigenvalue weighted by Crippen LogP contribution is 2.14. The average molecular weight is 320 g/mol. The molecule has 2 rings (SSSR count). The SMILES string of the molecule is CS(=O)(=O)c1cccc(Cn2cccc2C=CC(=O)NO)c1. The normalized spacial score (nSPS) is 11.7. The van der Waals surface area contributed by atoms with Crippen molar-refractivity contribution in [3.8, 4) is 0 Å². The number of aromatic nitrogens is 1. The van der Waals surface area contributed by atoms with Crippen LogP contribution in [-0.4, -0.2) is 30.4 Å². The summed E-state index contributed by atoms with van der Waals surface area (Å²) in [7, 11) is -3.24. The van der Waals surface area contributed by atoms with E-state index in [-0.39, 0.29) is 4.90 Å². The summed E-state index contributed by atoms with van der Waals surface area (Å²) < 4.78 is 25.0. The van der Waals surface area contributed by atoms with Crippen molar-refractivity contribution in [3.05, 3.63) is 59.9 Å². The number of rotatable bonds is 5. The Bertz CT molecular complexity index is 806. The molecule has 0 fully saturated rings. The van der Waals surface area contributed by atoms with Gasteiger partial charge < -0.3 is 4.57 Å². The van der Waals surface area contributed by atoms with Crippen molar-refractivity contribution in [1.82, 2.24) is 10.0 Å². The molecule has 0 radical (unpaired) electrons. The Labute approximate surface area is 128 Å². The molecule has 0 aliphatic heterocycles. The summed E-state index contributed by atoms with van der Waals surface area (Å²) in [5, 5.41) is 8.46. The van der Waals surface area contributed by atoms with Crippen molar-refractivity contribution in [2.45, 2.75) is 11.4 Å². The van der Waals surface area contributed by atoms with E-state index < -0.39 is 15.7 Å². The first-order chi connectivity index (χ1) is 10.4. The van der Waals surface area contributed by atoms with Crippen LogP contribution in [0.15, 0.2) is 53.6 Å². The van der Waals surface area contributed by atoms with Gasteiger partial charge in [-0.2, -0.15) is 0 Å². The average Bonchev–Trinajstić information content (AvgIpc) is 2.91. The van der Waals surface area contributed by atoms with Gasteiger partial charge in [0.05, 0.1) is 4.90 Å². The van der Waals surface area contributed by atoms with E-state index in [2.05, 4.69) is 0 Å². The number of nitrogens with one attached hydrogen (secondary N) is 1. The maximum atomic E-state index is 11.6. The molecular weight excluding hydrogens is 304 g/mol. The smallest absolute Gasteiger partial charge is 0.267 e. The van der Waals surface area contributed by atoms with E-state index in [1.807, 2.05) is 29.0 Å². The van der Waals surface area contributed by atoms with Crippen molar-refractivity contribution in [1.29, 1.82) is 0 Å². The minimum atomic E-state index is -3.24. The van der Waals surface area contributed by atoms with Crippen LogP contribution in [0.25, 0.3) is 6.08 Å². The molecule has 1 aromatic heterocycles. The Kier molecular flexibility index (Phi) is 4.79. The standard InChI is InChI=1S/C15H16N2O4S/c1-22(20,21)14-6-2-4-12(10-14)11-17-9-3-5-13(17)7-8-15(18)16-19/h2-10,19H,11H2,1H3,(H,16,18). The zero-order valence-corrected chi connectivity index (χ0v) is 12.7. The minimum Gasteiger partial charge on any atom is -0.344 e. The predicted molar refractivity (Wildman–Crippen MR) is 82.0 cm³/mol. The van der Waals surface area contributed by atoms with Gasteiger partial charge in [0.15, 0.2) is 9.84 Å². The van der Waals surface area contributed by atoms with Crippen LogP contribution in [0.2, 0.25) is 0 Å². The fraction of sp³-hybridized carbons (Fsp3) is 0.133. The lowest BCUT2D eigenvalue weighted by atomic mass is 10.2. The summed E-state index contributed by atoms with van der Waals surface area (Å²) >= 11 is 0. The predicted octanol–water partition coefficient (Wildman–Crippen LogP) is 1.46. The first-order valence-corrected chi connectivity index (χ1v) is 8.35. The van der Waals surface area contributed by atoms with Crippen LogP contribution in [0.1, 0.15) is 11.3 Å². The van der Waals surface area contributed by atoms with Gasteiger partial charge in [0, 0.05) is 30.8 Å². The van der Waals surface area contributed by atoms with Crippen LogP contribution in [0.4, 0.5) is 0 Å². The molecule has 7 heteroatoms. The number of carbonyl (C=O) groups is 1. The number of hydrogen-bond acceptors (Lipinski definition) is 4. The molecule has 1 amide bonds. The van der Waals surface area contributed by atoms with Crippen LogP contribution in [0.3, 0.4) is 0 Å². The van der Waals surface area contributed by atoms with E-state index in [1.54, 1.807) is 24.3 Å². The maximum Gasteiger partial charge on any atom is 0.267 e. The van der Waals surface area contributed by atoms with Crippen LogP contribution in [0, 0.1) is 0 Å². The molecule has 0 bridgehead atoms. The topological polar surface area (TPSA) is 88.4 Å². The van der Waals surface area contributed by atoms with Gasteiger partial charge in [-0.3, -0.25) is 10.0 Å². The van der Waals surface area contributed by atoms with Crippen molar-refractivity contribution < 1.29 is 18.4 Å². The highest BCUT2D eigenvalue weighted by Gasteiger charge is 2.08. The molecule has 0 saturated heterocycles. The van der Waals surface area contributed by atoms with Gasteiger partial charge in [0.2, 0.25) is 0 Å². The van der Waals surface area contributed by atoms with Crippen LogP contribution >= 0.6 is 0 Å². The molecule has 0 unspecified atom stereocenters. The van der Waals surface area contributed by atoms with E-state index in [1.165, 1.54) is 17.8 Å². The van der Waals surface area contributed by atoms with Crippen molar-refractivity contribution in [2.24, 2.45) is 0 Å². The maximum absolute atomic E-state index is 11.6. The van der Waals surface area contributed by atoms with Gasteiger partial charge in [-0.05, 0) is 35.9 Å². The molecule has 6 nitrogen and oxygen atoms in total. The lowest BCUT2D eigenvalue weighted by molar-refractivity contribution is -0.124. The largest absolute Gasteiger partial charge is 0.344 e. The zero-order valence-electron chi connectivity index (χ0n) is 11.9. The van der Waals surface area contributed by atoms with E-state index in [0.717, 1.165) is 11.3 Å². The quantitative estimate of drug-likeness (QED) is 0.496. The third-order valence-electron chi connectivity index (χ3n) is 3.06. The zero-order chi connectivity index (χ0) is 16.2. The van der Waals surface area contributed by atoms with Crippen molar-refractivity contribution in [2.75, 3.05) is 6.26 Å². The van der Waals surface area contributed by atoms with Crippen LogP contribution in [0.5, 0.6) is 0 Å². The Hall–Kier alpha value is -2.38. The highest BCUT2D eigenvalue weighted by molar-refractivity contribution is 7.90. The van der Waals surface area contributed by atoms with E-state index in [4.69, 9.17) is 5.21 Å². The number of hydroxylamine groups is 1. The number of benzene rings is 1.